The van der Waals surface area contributed by atoms with Crippen LogP contribution in [0.5, 0.6) is 5.88 Å². The van der Waals surface area contributed by atoms with Gasteiger partial charge in [-0.25, -0.2) is 18.6 Å². The smallest absolute Gasteiger partial charge is 0.337 e. The van der Waals surface area contributed by atoms with E-state index >= 15 is 0 Å². The topological polar surface area (TPSA) is 59.4 Å². The molecule has 4 nitrogen and oxygen atoms in total. The number of methoxy groups -OCH3 is 1. The van der Waals surface area contributed by atoms with E-state index in [1.54, 1.807) is 0 Å². The Kier molecular flexibility index (Phi) is 3.57. The third-order valence-corrected chi connectivity index (χ3v) is 2.26. The summed E-state index contributed by atoms with van der Waals surface area (Å²) in [6.07, 6.45) is -1.86. The summed E-state index contributed by atoms with van der Waals surface area (Å²) >= 11 is 2.85. The molecule has 1 aromatic rings. The Bertz CT molecular complexity index is 398. The van der Waals surface area contributed by atoms with Gasteiger partial charge in [-0.2, -0.15) is 0 Å². The molecule has 0 radical (unpaired) electrons. The second-order valence-corrected chi connectivity index (χ2v) is 3.36. The Hall–Kier alpha value is -1.24. The molecule has 0 amide bonds. The fourth-order valence-corrected chi connectivity index (χ4v) is 1.55. The number of aromatic carboxylic acids is 1. The number of pyridine rings is 1. The van der Waals surface area contributed by atoms with Crippen molar-refractivity contribution in [1.82, 2.24) is 4.98 Å². The summed E-state index contributed by atoms with van der Waals surface area (Å²) in [5.74, 6) is -1.84. The van der Waals surface area contributed by atoms with Crippen LogP contribution in [0.1, 0.15) is 22.3 Å². The summed E-state index contributed by atoms with van der Waals surface area (Å²) < 4.78 is 29.8. The number of carboxylic acids is 1. The van der Waals surface area contributed by atoms with E-state index in [1.807, 2.05) is 0 Å². The minimum Gasteiger partial charge on any atom is -0.481 e. The van der Waals surface area contributed by atoms with Crippen LogP contribution < -0.4 is 4.74 Å². The molecule has 0 aliphatic rings. The summed E-state index contributed by atoms with van der Waals surface area (Å²) in [5.41, 5.74) is -1.25. The molecule has 7 heteroatoms. The van der Waals surface area contributed by atoms with Crippen LogP contribution >= 0.6 is 15.9 Å². The maximum atomic E-state index is 12.6. The first-order valence-corrected chi connectivity index (χ1v) is 4.52. The third kappa shape index (κ3) is 2.23. The van der Waals surface area contributed by atoms with Crippen LogP contribution in [0.25, 0.3) is 0 Å². The van der Waals surface area contributed by atoms with Crippen molar-refractivity contribution in [2.45, 2.75) is 6.43 Å². The number of aromatic nitrogens is 1. The number of carbonyl (C=O) groups is 1. The van der Waals surface area contributed by atoms with Gasteiger partial charge in [-0.05, 0) is 15.9 Å². The van der Waals surface area contributed by atoms with Crippen molar-refractivity contribution in [1.29, 1.82) is 0 Å². The van der Waals surface area contributed by atoms with Gasteiger partial charge in [-0.15, -0.1) is 0 Å². The van der Waals surface area contributed by atoms with Gasteiger partial charge in [0.25, 0.3) is 6.43 Å². The molecule has 1 aromatic heterocycles. The molecule has 0 saturated carbocycles. The second kappa shape index (κ2) is 4.52. The van der Waals surface area contributed by atoms with Gasteiger partial charge in [0, 0.05) is 6.20 Å². The number of alkyl halides is 2. The maximum Gasteiger partial charge on any atom is 0.337 e. The van der Waals surface area contributed by atoms with E-state index < -0.39 is 23.5 Å². The first kappa shape index (κ1) is 11.8. The Morgan fingerprint density at radius 3 is 2.67 bits per heavy atom. The van der Waals surface area contributed by atoms with Crippen molar-refractivity contribution in [2.24, 2.45) is 0 Å². The number of ether oxygens (including phenoxy) is 1. The Balaban J connectivity index is 3.51. The quantitative estimate of drug-likeness (QED) is 0.925. The lowest BCUT2D eigenvalue weighted by Crippen LogP contribution is -2.07. The first-order chi connectivity index (χ1) is 6.99. The van der Waals surface area contributed by atoms with E-state index in [1.165, 1.54) is 0 Å². The predicted molar refractivity (Wildman–Crippen MR) is 50.4 cm³/mol. The van der Waals surface area contributed by atoms with E-state index in [4.69, 9.17) is 5.11 Å². The second-order valence-electron chi connectivity index (χ2n) is 2.51. The van der Waals surface area contributed by atoms with Gasteiger partial charge < -0.3 is 9.84 Å². The molecule has 0 bridgehead atoms. The fourth-order valence-electron chi connectivity index (χ4n) is 1.07. The van der Waals surface area contributed by atoms with E-state index in [2.05, 4.69) is 25.7 Å². The standard InChI is InChI=1S/C8H6BrF2NO3/c1-15-7-5(6(10)11)4(8(13)14)3(9)2-12-7/h2,6H,1H3,(H,13,14). The lowest BCUT2D eigenvalue weighted by Gasteiger charge is -2.10. The van der Waals surface area contributed by atoms with E-state index in [9.17, 15) is 13.6 Å². The molecular weight excluding hydrogens is 276 g/mol. The Morgan fingerprint density at radius 1 is 1.67 bits per heavy atom. The SMILES string of the molecule is COc1ncc(Br)c(C(=O)O)c1C(F)F. The van der Waals surface area contributed by atoms with Crippen LogP contribution in [0.4, 0.5) is 8.78 Å². The van der Waals surface area contributed by atoms with Crippen LogP contribution in [-0.2, 0) is 0 Å². The molecule has 1 rings (SSSR count). The molecule has 0 spiro atoms. The van der Waals surface area contributed by atoms with Crippen LogP contribution in [0.3, 0.4) is 0 Å². The van der Waals surface area contributed by atoms with Crippen LogP contribution in [0.15, 0.2) is 10.7 Å². The molecule has 1 heterocycles. The van der Waals surface area contributed by atoms with Crippen molar-refractivity contribution in [2.75, 3.05) is 7.11 Å². The van der Waals surface area contributed by atoms with E-state index in [-0.39, 0.29) is 10.4 Å². The molecule has 0 fully saturated rings. The van der Waals surface area contributed by atoms with E-state index in [0.717, 1.165) is 13.3 Å². The highest BCUT2D eigenvalue weighted by Crippen LogP contribution is 2.34. The average molecular weight is 282 g/mol. The molecule has 15 heavy (non-hydrogen) atoms. The lowest BCUT2D eigenvalue weighted by atomic mass is 10.1. The third-order valence-electron chi connectivity index (χ3n) is 1.66. The van der Waals surface area contributed by atoms with Crippen LogP contribution in [0, 0.1) is 0 Å². The summed E-state index contributed by atoms with van der Waals surface area (Å²) in [6.45, 7) is 0. The zero-order valence-electron chi connectivity index (χ0n) is 7.50. The Morgan fingerprint density at radius 2 is 2.27 bits per heavy atom. The zero-order chi connectivity index (χ0) is 11.6. The zero-order valence-corrected chi connectivity index (χ0v) is 9.09. The summed E-state index contributed by atoms with van der Waals surface area (Å²) in [5, 5.41) is 8.77. The predicted octanol–water partition coefficient (Wildman–Crippen LogP) is 2.49. The number of hydrogen-bond acceptors (Lipinski definition) is 3. The van der Waals surface area contributed by atoms with Gasteiger partial charge >= 0.3 is 5.97 Å². The summed E-state index contributed by atoms with van der Waals surface area (Å²) in [4.78, 5) is 14.3. The number of halogens is 3. The number of carboxylic acid groups (broad SMARTS) is 1. The Labute approximate surface area is 92.0 Å². The van der Waals surface area contributed by atoms with Crippen molar-refractivity contribution < 1.29 is 23.4 Å². The van der Waals surface area contributed by atoms with Crippen molar-refractivity contribution >= 4 is 21.9 Å². The van der Waals surface area contributed by atoms with Gasteiger partial charge in [0.1, 0.15) is 0 Å². The molecule has 0 aliphatic carbocycles. The maximum absolute atomic E-state index is 12.6. The number of rotatable bonds is 3. The summed E-state index contributed by atoms with van der Waals surface area (Å²) in [7, 11) is 1.15. The fraction of sp³-hybridized carbons (Fsp3) is 0.250. The van der Waals surface area contributed by atoms with E-state index in [0.29, 0.717) is 0 Å². The lowest BCUT2D eigenvalue weighted by molar-refractivity contribution is 0.0681. The molecule has 0 aliphatic heterocycles. The van der Waals surface area contributed by atoms with Gasteiger partial charge in [0.15, 0.2) is 0 Å². The highest BCUT2D eigenvalue weighted by atomic mass is 79.9. The van der Waals surface area contributed by atoms with Crippen molar-refractivity contribution in [3.05, 3.63) is 21.8 Å². The minimum absolute atomic E-state index is 0.00824. The molecule has 0 unspecified atom stereocenters. The molecule has 0 saturated heterocycles. The van der Waals surface area contributed by atoms with Crippen LogP contribution in [-0.4, -0.2) is 23.2 Å². The number of nitrogens with zero attached hydrogens (tertiary/aromatic N) is 1. The van der Waals surface area contributed by atoms with Gasteiger partial charge in [0.05, 0.1) is 22.7 Å². The average Bonchev–Trinajstić information content (AvgIpc) is 2.16. The highest BCUT2D eigenvalue weighted by molar-refractivity contribution is 9.10. The number of hydrogen-bond donors (Lipinski definition) is 1. The summed E-state index contributed by atoms with van der Waals surface area (Å²) in [6, 6.07) is 0. The van der Waals surface area contributed by atoms with Crippen LogP contribution in [0.2, 0.25) is 0 Å². The molecule has 82 valence electrons. The van der Waals surface area contributed by atoms with Gasteiger partial charge in [-0.3, -0.25) is 0 Å². The molecule has 0 aromatic carbocycles. The first-order valence-electron chi connectivity index (χ1n) is 3.72. The monoisotopic (exact) mass is 281 g/mol. The van der Waals surface area contributed by atoms with Crippen molar-refractivity contribution in [3.63, 3.8) is 0 Å². The molecule has 1 N–H and O–H groups in total. The van der Waals surface area contributed by atoms with Crippen molar-refractivity contribution in [3.8, 4) is 5.88 Å². The normalized spacial score (nSPS) is 10.5. The van der Waals surface area contributed by atoms with Gasteiger partial charge in [0.2, 0.25) is 5.88 Å². The van der Waals surface area contributed by atoms with Gasteiger partial charge in [-0.1, -0.05) is 0 Å². The largest absolute Gasteiger partial charge is 0.481 e. The minimum atomic E-state index is -2.96. The molecular formula is C8H6BrF2NO3. The molecule has 0 atom stereocenters. The highest BCUT2D eigenvalue weighted by Gasteiger charge is 2.26.